The van der Waals surface area contributed by atoms with Crippen LogP contribution in [0.5, 0.6) is 0 Å². The zero-order valence-corrected chi connectivity index (χ0v) is 9.92. The normalized spacial score (nSPS) is 9.78. The second kappa shape index (κ2) is 5.15. The first-order chi connectivity index (χ1) is 8.70. The molecule has 0 unspecified atom stereocenters. The third kappa shape index (κ3) is 2.55. The van der Waals surface area contributed by atoms with Gasteiger partial charge >= 0.3 is 0 Å². The molecule has 1 amide bonds. The monoisotopic (exact) mass is 240 g/mol. The molecule has 0 bridgehead atoms. The van der Waals surface area contributed by atoms with Crippen molar-refractivity contribution in [1.82, 2.24) is 14.9 Å². The van der Waals surface area contributed by atoms with Crippen LogP contribution in [0.3, 0.4) is 0 Å². The van der Waals surface area contributed by atoms with E-state index in [1.54, 1.807) is 18.0 Å². The van der Waals surface area contributed by atoms with Gasteiger partial charge in [0.05, 0.1) is 6.54 Å². The fraction of sp³-hybridized carbons (Fsp3) is 0.154. The third-order valence-corrected chi connectivity index (χ3v) is 2.54. The van der Waals surface area contributed by atoms with Crippen LogP contribution in [0.4, 0.5) is 0 Å². The van der Waals surface area contributed by atoms with Crippen molar-refractivity contribution in [1.29, 1.82) is 5.26 Å². The van der Waals surface area contributed by atoms with Crippen molar-refractivity contribution in [2.75, 3.05) is 7.05 Å². The molecular weight excluding hydrogens is 228 g/mol. The molecule has 2 aromatic rings. The summed E-state index contributed by atoms with van der Waals surface area (Å²) in [4.78, 5) is 20.6. The SMILES string of the molecule is CN(Cc1ccc[nH]1)C(=O)c1ccnc(C#N)c1. The van der Waals surface area contributed by atoms with Gasteiger partial charge in [-0.15, -0.1) is 0 Å². The number of hydrogen-bond donors (Lipinski definition) is 1. The highest BCUT2D eigenvalue weighted by Crippen LogP contribution is 2.07. The predicted octanol–water partition coefficient (Wildman–Crippen LogP) is 1.55. The molecule has 5 heteroatoms. The second-order valence-corrected chi connectivity index (χ2v) is 3.90. The van der Waals surface area contributed by atoms with Crippen LogP contribution in [0.2, 0.25) is 0 Å². The Balaban J connectivity index is 2.13. The van der Waals surface area contributed by atoms with Gasteiger partial charge in [-0.2, -0.15) is 5.26 Å². The summed E-state index contributed by atoms with van der Waals surface area (Å²) in [6, 6.07) is 8.81. The van der Waals surface area contributed by atoms with E-state index < -0.39 is 0 Å². The Kier molecular flexibility index (Phi) is 3.39. The first-order valence-corrected chi connectivity index (χ1v) is 5.44. The molecule has 0 saturated heterocycles. The molecule has 0 aliphatic rings. The maximum atomic E-state index is 12.1. The van der Waals surface area contributed by atoms with Gasteiger partial charge in [0, 0.05) is 30.7 Å². The zero-order chi connectivity index (χ0) is 13.0. The Morgan fingerprint density at radius 3 is 3.06 bits per heavy atom. The fourth-order valence-electron chi connectivity index (χ4n) is 1.64. The van der Waals surface area contributed by atoms with Gasteiger partial charge in [-0.3, -0.25) is 4.79 Å². The number of pyridine rings is 1. The van der Waals surface area contributed by atoms with Gasteiger partial charge in [0.15, 0.2) is 0 Å². The number of nitriles is 1. The Labute approximate surface area is 105 Å². The summed E-state index contributed by atoms with van der Waals surface area (Å²) in [6.45, 7) is 0.496. The summed E-state index contributed by atoms with van der Waals surface area (Å²) in [5.74, 6) is -0.136. The molecule has 0 spiro atoms. The molecule has 1 N–H and O–H groups in total. The minimum Gasteiger partial charge on any atom is -0.364 e. The number of aromatic nitrogens is 2. The topological polar surface area (TPSA) is 72.8 Å². The molecule has 0 saturated carbocycles. The number of H-pyrrole nitrogens is 1. The van der Waals surface area contributed by atoms with Crippen molar-refractivity contribution < 1.29 is 4.79 Å². The second-order valence-electron chi connectivity index (χ2n) is 3.90. The third-order valence-electron chi connectivity index (χ3n) is 2.54. The number of hydrogen-bond acceptors (Lipinski definition) is 3. The zero-order valence-electron chi connectivity index (χ0n) is 9.92. The first-order valence-electron chi connectivity index (χ1n) is 5.44. The minimum atomic E-state index is -0.136. The lowest BCUT2D eigenvalue weighted by Crippen LogP contribution is -2.26. The van der Waals surface area contributed by atoms with Crippen molar-refractivity contribution in [2.45, 2.75) is 6.54 Å². The summed E-state index contributed by atoms with van der Waals surface area (Å²) < 4.78 is 0. The molecule has 0 aliphatic carbocycles. The van der Waals surface area contributed by atoms with Crippen molar-refractivity contribution in [2.24, 2.45) is 0 Å². The Morgan fingerprint density at radius 2 is 2.39 bits per heavy atom. The highest BCUT2D eigenvalue weighted by molar-refractivity contribution is 5.94. The maximum absolute atomic E-state index is 12.1. The van der Waals surface area contributed by atoms with Crippen LogP contribution in [-0.2, 0) is 6.54 Å². The highest BCUT2D eigenvalue weighted by Gasteiger charge is 2.13. The van der Waals surface area contributed by atoms with Gasteiger partial charge in [0.25, 0.3) is 5.91 Å². The quantitative estimate of drug-likeness (QED) is 0.884. The van der Waals surface area contributed by atoms with Crippen molar-refractivity contribution >= 4 is 5.91 Å². The van der Waals surface area contributed by atoms with E-state index in [9.17, 15) is 4.79 Å². The van der Waals surface area contributed by atoms with Gasteiger partial charge in [-0.1, -0.05) is 0 Å². The van der Waals surface area contributed by atoms with Crippen LogP contribution in [-0.4, -0.2) is 27.8 Å². The number of carbonyl (C=O) groups excluding carboxylic acids is 1. The van der Waals surface area contributed by atoms with Crippen LogP contribution in [0.1, 0.15) is 21.7 Å². The fourth-order valence-corrected chi connectivity index (χ4v) is 1.64. The van der Waals surface area contributed by atoms with E-state index in [0.717, 1.165) is 5.69 Å². The summed E-state index contributed by atoms with van der Waals surface area (Å²) in [5.41, 5.74) is 1.67. The van der Waals surface area contributed by atoms with Crippen LogP contribution < -0.4 is 0 Å². The van der Waals surface area contributed by atoms with Crippen molar-refractivity contribution in [3.8, 4) is 6.07 Å². The number of carbonyl (C=O) groups is 1. The van der Waals surface area contributed by atoms with Crippen molar-refractivity contribution in [3.05, 3.63) is 53.6 Å². The van der Waals surface area contributed by atoms with Crippen LogP contribution in [0.15, 0.2) is 36.7 Å². The standard InChI is InChI=1S/C13H12N4O/c1-17(9-11-3-2-5-15-11)13(18)10-4-6-16-12(7-10)8-14/h2-7,15H,9H2,1H3. The predicted molar refractivity (Wildman–Crippen MR) is 65.5 cm³/mol. The summed E-state index contributed by atoms with van der Waals surface area (Å²) >= 11 is 0. The Morgan fingerprint density at radius 1 is 1.56 bits per heavy atom. The Hall–Kier alpha value is -2.61. The summed E-state index contributed by atoms with van der Waals surface area (Å²) in [7, 11) is 1.72. The molecular formula is C13H12N4O. The lowest BCUT2D eigenvalue weighted by Gasteiger charge is -2.16. The van der Waals surface area contributed by atoms with E-state index in [-0.39, 0.29) is 11.6 Å². The number of amides is 1. The molecule has 0 radical (unpaired) electrons. The number of rotatable bonds is 3. The Bertz CT molecular complexity index is 583. The van der Waals surface area contributed by atoms with Crippen LogP contribution in [0.25, 0.3) is 0 Å². The molecule has 0 aromatic carbocycles. The molecule has 0 atom stereocenters. The molecule has 90 valence electrons. The maximum Gasteiger partial charge on any atom is 0.254 e. The van der Waals surface area contributed by atoms with Crippen LogP contribution >= 0.6 is 0 Å². The van der Waals surface area contributed by atoms with Gasteiger partial charge in [0.1, 0.15) is 11.8 Å². The summed E-state index contributed by atoms with van der Waals surface area (Å²) in [6.07, 6.45) is 3.28. The van der Waals surface area contributed by atoms with Gasteiger partial charge in [-0.05, 0) is 24.3 Å². The van der Waals surface area contributed by atoms with E-state index in [1.165, 1.54) is 12.3 Å². The molecule has 0 fully saturated rings. The minimum absolute atomic E-state index is 0.136. The van der Waals surface area contributed by atoms with E-state index >= 15 is 0 Å². The van der Waals surface area contributed by atoms with Crippen LogP contribution in [0, 0.1) is 11.3 Å². The summed E-state index contributed by atoms with van der Waals surface area (Å²) in [5, 5.41) is 8.75. The molecule has 18 heavy (non-hydrogen) atoms. The number of nitrogens with zero attached hydrogens (tertiary/aromatic N) is 3. The largest absolute Gasteiger partial charge is 0.364 e. The van der Waals surface area contributed by atoms with Crippen molar-refractivity contribution in [3.63, 3.8) is 0 Å². The average Bonchev–Trinajstić information content (AvgIpc) is 2.90. The molecule has 2 aromatic heterocycles. The van der Waals surface area contributed by atoms with E-state index in [0.29, 0.717) is 12.1 Å². The van der Waals surface area contributed by atoms with Gasteiger partial charge in [0.2, 0.25) is 0 Å². The number of aromatic amines is 1. The lowest BCUT2D eigenvalue weighted by atomic mass is 10.2. The van der Waals surface area contributed by atoms with E-state index in [4.69, 9.17) is 5.26 Å². The average molecular weight is 240 g/mol. The molecule has 2 rings (SSSR count). The van der Waals surface area contributed by atoms with E-state index in [1.807, 2.05) is 24.4 Å². The smallest absolute Gasteiger partial charge is 0.254 e. The van der Waals surface area contributed by atoms with Gasteiger partial charge < -0.3 is 9.88 Å². The number of nitrogens with one attached hydrogen (secondary N) is 1. The molecule has 0 aliphatic heterocycles. The van der Waals surface area contributed by atoms with Gasteiger partial charge in [-0.25, -0.2) is 4.98 Å². The first kappa shape index (κ1) is 11.9. The van der Waals surface area contributed by atoms with E-state index in [2.05, 4.69) is 9.97 Å². The lowest BCUT2D eigenvalue weighted by molar-refractivity contribution is 0.0783. The highest BCUT2D eigenvalue weighted by atomic mass is 16.2. The molecule has 5 nitrogen and oxygen atoms in total. The molecule has 2 heterocycles.